The molecule has 2 aliphatic heterocycles. The minimum Gasteiger partial charge on any atom is -0.327 e. The van der Waals surface area contributed by atoms with Gasteiger partial charge in [-0.2, -0.15) is 0 Å². The van der Waals surface area contributed by atoms with E-state index >= 15 is 0 Å². The molecule has 0 aromatic carbocycles. The highest BCUT2D eigenvalue weighted by Gasteiger charge is 2.38. The fourth-order valence-electron chi connectivity index (χ4n) is 0.919. The van der Waals surface area contributed by atoms with E-state index in [-0.39, 0.29) is 0 Å². The normalized spacial score (nSPS) is 25.3. The van der Waals surface area contributed by atoms with Crippen LogP contribution in [-0.2, 0) is 18.0 Å². The molecule has 6 nitrogen and oxygen atoms in total. The van der Waals surface area contributed by atoms with Gasteiger partial charge in [0.1, 0.15) is 0 Å². The van der Waals surface area contributed by atoms with Crippen LogP contribution in [-0.4, -0.2) is 17.2 Å². The van der Waals surface area contributed by atoms with Crippen LogP contribution in [0, 0.1) is 0 Å². The zero-order chi connectivity index (χ0) is 10.2. The minimum absolute atomic E-state index is 0.622. The molecule has 1 amide bonds. The average molecular weight is 215 g/mol. The van der Waals surface area contributed by atoms with Crippen LogP contribution in [0.25, 0.3) is 0 Å². The highest BCUT2D eigenvalue weighted by Crippen LogP contribution is 2.55. The first-order valence-electron chi connectivity index (χ1n) is 3.58. The van der Waals surface area contributed by atoms with Gasteiger partial charge in [-0.05, 0) is 10.6 Å². The predicted molar refractivity (Wildman–Crippen MR) is 46.6 cm³/mol. The Labute approximate surface area is 80.3 Å². The lowest BCUT2D eigenvalue weighted by molar-refractivity contribution is -0.129. The molecule has 0 radical (unpaired) electrons. The quantitative estimate of drug-likeness (QED) is 0.635. The summed E-state index contributed by atoms with van der Waals surface area (Å²) in [5, 5.41) is 2.91. The van der Waals surface area contributed by atoms with Gasteiger partial charge in [-0.3, -0.25) is 0 Å². The molecule has 0 aromatic heterocycles. The lowest BCUT2D eigenvalue weighted by Crippen LogP contribution is -2.21. The summed E-state index contributed by atoms with van der Waals surface area (Å²) < 4.78 is 9.52. The molecule has 0 aromatic rings. The fourth-order valence-corrected chi connectivity index (χ4v) is 2.42. The maximum atomic E-state index is 11.3. The molecule has 0 aliphatic carbocycles. The first kappa shape index (κ1) is 8.82. The van der Waals surface area contributed by atoms with E-state index in [0.717, 1.165) is 12.2 Å². The lowest BCUT2D eigenvalue weighted by atomic mass is 10.5. The third kappa shape index (κ3) is 1.27. The number of carbonyl (C=O) groups is 3. The van der Waals surface area contributed by atoms with E-state index < -0.39 is 27.8 Å². The summed E-state index contributed by atoms with van der Waals surface area (Å²) in [5.74, 6) is -1.54. The SMILES string of the molecule is O=C1C=CC(=O)OS2(C=CNC2=O)O1. The van der Waals surface area contributed by atoms with E-state index in [4.69, 9.17) is 8.37 Å². The van der Waals surface area contributed by atoms with E-state index in [0.29, 0.717) is 0 Å². The molecule has 2 heterocycles. The van der Waals surface area contributed by atoms with Crippen molar-refractivity contribution in [3.05, 3.63) is 23.8 Å². The molecule has 0 saturated heterocycles. The number of amides is 1. The summed E-state index contributed by atoms with van der Waals surface area (Å²) in [5.41, 5.74) is 0. The number of carbonyl (C=O) groups excluding carboxylic acids is 3. The van der Waals surface area contributed by atoms with E-state index in [9.17, 15) is 14.4 Å². The molecule has 0 fully saturated rings. The van der Waals surface area contributed by atoms with Crippen molar-refractivity contribution in [1.82, 2.24) is 5.32 Å². The summed E-state index contributed by atoms with van der Waals surface area (Å²) >= 11 is 0. The van der Waals surface area contributed by atoms with Crippen molar-refractivity contribution < 1.29 is 22.7 Å². The van der Waals surface area contributed by atoms with Gasteiger partial charge in [0.25, 0.3) is 0 Å². The maximum absolute atomic E-state index is 11.3. The summed E-state index contributed by atoms with van der Waals surface area (Å²) in [6.07, 6.45) is 3.12. The third-order valence-electron chi connectivity index (χ3n) is 1.47. The van der Waals surface area contributed by atoms with Crippen LogP contribution in [0.15, 0.2) is 23.8 Å². The first-order valence-corrected chi connectivity index (χ1v) is 5.12. The molecule has 74 valence electrons. The molecule has 1 spiro atoms. The van der Waals surface area contributed by atoms with Gasteiger partial charge in [-0.25, -0.2) is 14.4 Å². The molecule has 7 heteroatoms. The van der Waals surface area contributed by atoms with Crippen LogP contribution in [0.4, 0.5) is 4.79 Å². The van der Waals surface area contributed by atoms with Gasteiger partial charge in [0, 0.05) is 18.4 Å². The highest BCUT2D eigenvalue weighted by molar-refractivity contribution is 8.41. The van der Waals surface area contributed by atoms with Gasteiger partial charge in [0.2, 0.25) is 0 Å². The zero-order valence-corrected chi connectivity index (χ0v) is 7.58. The number of hydrogen-bond acceptors (Lipinski definition) is 5. The molecule has 14 heavy (non-hydrogen) atoms. The second-order valence-electron chi connectivity index (χ2n) is 2.42. The van der Waals surface area contributed by atoms with Gasteiger partial charge in [0.05, 0.1) is 5.41 Å². The number of hydrogen-bond donors (Lipinski definition) is 1. The van der Waals surface area contributed by atoms with E-state index in [1.165, 1.54) is 11.6 Å². The van der Waals surface area contributed by atoms with E-state index in [1.54, 1.807) is 0 Å². The second-order valence-corrected chi connectivity index (χ2v) is 4.48. The second kappa shape index (κ2) is 2.88. The average Bonchev–Trinajstić information content (AvgIpc) is 2.36. The topological polar surface area (TPSA) is 81.7 Å². The van der Waals surface area contributed by atoms with Gasteiger partial charge >= 0.3 is 17.2 Å². The van der Waals surface area contributed by atoms with Crippen molar-refractivity contribution in [2.45, 2.75) is 0 Å². The van der Waals surface area contributed by atoms with Crippen LogP contribution in [0.3, 0.4) is 0 Å². The summed E-state index contributed by atoms with van der Waals surface area (Å²) in [6.45, 7) is 0. The molecular formula is C7H5NO5S. The molecular weight excluding hydrogens is 210 g/mol. The van der Waals surface area contributed by atoms with Crippen molar-refractivity contribution >= 4 is 27.8 Å². The van der Waals surface area contributed by atoms with Crippen molar-refractivity contribution in [2.24, 2.45) is 0 Å². The molecule has 0 atom stereocenters. The molecule has 2 rings (SSSR count). The molecule has 0 unspecified atom stereocenters. The monoisotopic (exact) mass is 215 g/mol. The molecule has 0 bridgehead atoms. The summed E-state index contributed by atoms with van der Waals surface area (Å²) in [4.78, 5) is 33.3. The Morgan fingerprint density at radius 1 is 1.07 bits per heavy atom. The fraction of sp³-hybridized carbons (Fsp3) is 0. The smallest absolute Gasteiger partial charge is 0.327 e. The largest absolute Gasteiger partial charge is 0.360 e. The Balaban J connectivity index is 2.37. The first-order chi connectivity index (χ1) is 6.62. The van der Waals surface area contributed by atoms with E-state index in [1.807, 2.05) is 0 Å². The van der Waals surface area contributed by atoms with Crippen molar-refractivity contribution in [1.29, 1.82) is 0 Å². The van der Waals surface area contributed by atoms with Gasteiger partial charge in [-0.15, -0.1) is 0 Å². The molecule has 2 aliphatic rings. The van der Waals surface area contributed by atoms with Gasteiger partial charge in [0.15, 0.2) is 0 Å². The lowest BCUT2D eigenvalue weighted by Gasteiger charge is -2.29. The van der Waals surface area contributed by atoms with Crippen LogP contribution in [0.5, 0.6) is 0 Å². The minimum atomic E-state index is -2.87. The van der Waals surface area contributed by atoms with Crippen molar-refractivity contribution in [3.63, 3.8) is 0 Å². The molecule has 1 N–H and O–H groups in total. The van der Waals surface area contributed by atoms with Crippen molar-refractivity contribution in [3.8, 4) is 0 Å². The number of rotatable bonds is 0. The number of nitrogens with one attached hydrogen (secondary N) is 1. The van der Waals surface area contributed by atoms with Gasteiger partial charge < -0.3 is 13.7 Å². The third-order valence-corrected chi connectivity index (χ3v) is 3.43. The molecule has 0 saturated carbocycles. The van der Waals surface area contributed by atoms with Crippen LogP contribution in [0.1, 0.15) is 0 Å². The Morgan fingerprint density at radius 3 is 2.07 bits per heavy atom. The summed E-state index contributed by atoms with van der Waals surface area (Å²) in [6, 6.07) is 0. The maximum Gasteiger partial charge on any atom is 0.360 e. The van der Waals surface area contributed by atoms with Gasteiger partial charge in [-0.1, -0.05) is 0 Å². The Hall–Kier alpha value is -1.76. The zero-order valence-electron chi connectivity index (χ0n) is 6.76. The van der Waals surface area contributed by atoms with Crippen LogP contribution >= 0.6 is 10.6 Å². The Kier molecular flexibility index (Phi) is 1.81. The predicted octanol–water partition coefficient (Wildman–Crippen LogP) is 0.472. The van der Waals surface area contributed by atoms with Crippen molar-refractivity contribution in [2.75, 3.05) is 0 Å². The Morgan fingerprint density at radius 2 is 1.64 bits per heavy atom. The van der Waals surface area contributed by atoms with Crippen LogP contribution in [0.2, 0.25) is 0 Å². The summed E-state index contributed by atoms with van der Waals surface area (Å²) in [7, 11) is -2.87. The standard InChI is InChI=1S/C7H5NO5S/c9-5-1-2-6(10)13-14(12-5)4-3-8-7(14)11/h1-4H,(H,8,11). The highest BCUT2D eigenvalue weighted by atomic mass is 32.3. The van der Waals surface area contributed by atoms with E-state index in [2.05, 4.69) is 5.32 Å². The van der Waals surface area contributed by atoms with Crippen LogP contribution < -0.4 is 5.32 Å². The Bertz CT molecular complexity index is 366.